The van der Waals surface area contributed by atoms with Crippen molar-refractivity contribution in [3.63, 3.8) is 0 Å². The minimum absolute atomic E-state index is 0.0451. The third-order valence-corrected chi connectivity index (χ3v) is 3.25. The third-order valence-electron chi connectivity index (χ3n) is 3.25. The molecular weight excluding hydrogens is 331 g/mol. The summed E-state index contributed by atoms with van der Waals surface area (Å²) in [5.41, 5.74) is 0.530. The number of aryl methyl sites for hydroxylation is 1. The SMILES string of the molecule is Cc1ccc(NC=C(C#N)C(=O)Nc2cccc(C(F)(F)F)c2)cc1. The van der Waals surface area contributed by atoms with E-state index >= 15 is 0 Å². The molecule has 2 N–H and O–H groups in total. The molecule has 7 heteroatoms. The van der Waals surface area contributed by atoms with Crippen LogP contribution in [0.25, 0.3) is 0 Å². The molecule has 0 aliphatic heterocycles. The van der Waals surface area contributed by atoms with Crippen molar-refractivity contribution in [1.82, 2.24) is 0 Å². The smallest absolute Gasteiger partial charge is 0.360 e. The van der Waals surface area contributed by atoms with Crippen molar-refractivity contribution < 1.29 is 18.0 Å². The van der Waals surface area contributed by atoms with Gasteiger partial charge in [0.25, 0.3) is 5.91 Å². The maximum atomic E-state index is 12.7. The summed E-state index contributed by atoms with van der Waals surface area (Å²) < 4.78 is 38.0. The Kier molecular flexibility index (Phi) is 5.45. The summed E-state index contributed by atoms with van der Waals surface area (Å²) in [5, 5.41) is 14.2. The summed E-state index contributed by atoms with van der Waals surface area (Å²) in [6.07, 6.45) is -3.31. The zero-order valence-electron chi connectivity index (χ0n) is 13.2. The zero-order chi connectivity index (χ0) is 18.4. The highest BCUT2D eigenvalue weighted by molar-refractivity contribution is 6.06. The van der Waals surface area contributed by atoms with Gasteiger partial charge in [-0.2, -0.15) is 18.4 Å². The maximum absolute atomic E-state index is 12.7. The van der Waals surface area contributed by atoms with Crippen molar-refractivity contribution in [3.05, 3.63) is 71.4 Å². The highest BCUT2D eigenvalue weighted by atomic mass is 19.4. The van der Waals surface area contributed by atoms with Crippen molar-refractivity contribution in [2.75, 3.05) is 10.6 Å². The van der Waals surface area contributed by atoms with E-state index in [1.165, 1.54) is 18.3 Å². The normalized spacial score (nSPS) is 11.6. The van der Waals surface area contributed by atoms with Crippen LogP contribution < -0.4 is 10.6 Å². The number of nitrogens with one attached hydrogen (secondary N) is 2. The van der Waals surface area contributed by atoms with Crippen LogP contribution in [0.1, 0.15) is 11.1 Å². The van der Waals surface area contributed by atoms with Crippen molar-refractivity contribution in [2.24, 2.45) is 0 Å². The van der Waals surface area contributed by atoms with Gasteiger partial charge in [-0.1, -0.05) is 23.8 Å². The minimum atomic E-state index is -4.51. The van der Waals surface area contributed by atoms with Gasteiger partial charge in [0.2, 0.25) is 0 Å². The van der Waals surface area contributed by atoms with Gasteiger partial charge in [0, 0.05) is 17.6 Å². The molecular formula is C18H14F3N3O. The Morgan fingerprint density at radius 3 is 2.40 bits per heavy atom. The van der Waals surface area contributed by atoms with E-state index < -0.39 is 17.6 Å². The van der Waals surface area contributed by atoms with Crippen molar-refractivity contribution in [3.8, 4) is 6.07 Å². The van der Waals surface area contributed by atoms with E-state index in [9.17, 15) is 18.0 Å². The lowest BCUT2D eigenvalue weighted by atomic mass is 10.2. The van der Waals surface area contributed by atoms with Gasteiger partial charge in [-0.15, -0.1) is 0 Å². The topological polar surface area (TPSA) is 64.9 Å². The third kappa shape index (κ3) is 5.11. The van der Waals surface area contributed by atoms with Crippen molar-refractivity contribution in [2.45, 2.75) is 13.1 Å². The predicted molar refractivity (Wildman–Crippen MR) is 88.6 cm³/mol. The molecule has 0 heterocycles. The summed E-state index contributed by atoms with van der Waals surface area (Å²) in [6.45, 7) is 1.92. The molecule has 0 atom stereocenters. The van der Waals surface area contributed by atoms with Crippen LogP contribution in [0.5, 0.6) is 0 Å². The molecule has 128 valence electrons. The van der Waals surface area contributed by atoms with Crippen LogP contribution >= 0.6 is 0 Å². The molecule has 0 aliphatic rings. The fourth-order valence-corrected chi connectivity index (χ4v) is 1.93. The first kappa shape index (κ1) is 18.1. The first-order chi connectivity index (χ1) is 11.8. The molecule has 0 saturated heterocycles. The molecule has 1 amide bonds. The quantitative estimate of drug-likeness (QED) is 0.635. The largest absolute Gasteiger partial charge is 0.416 e. The fraction of sp³-hybridized carbons (Fsp3) is 0.111. The number of hydrogen-bond acceptors (Lipinski definition) is 3. The monoisotopic (exact) mass is 345 g/mol. The standard InChI is InChI=1S/C18H14F3N3O/c1-12-5-7-15(8-6-12)23-11-13(10-22)17(25)24-16-4-2-3-14(9-16)18(19,20)21/h2-9,11,23H,1H3,(H,24,25). The Morgan fingerprint density at radius 1 is 1.12 bits per heavy atom. The van der Waals surface area contributed by atoms with E-state index in [-0.39, 0.29) is 11.3 Å². The lowest BCUT2D eigenvalue weighted by Gasteiger charge is -2.09. The van der Waals surface area contributed by atoms with Gasteiger partial charge in [-0.25, -0.2) is 0 Å². The Morgan fingerprint density at radius 2 is 1.80 bits per heavy atom. The van der Waals surface area contributed by atoms with Crippen LogP contribution in [0.3, 0.4) is 0 Å². The molecule has 0 saturated carbocycles. The molecule has 0 aliphatic carbocycles. The molecule has 2 rings (SSSR count). The predicted octanol–water partition coefficient (Wildman–Crippen LogP) is 4.47. The van der Waals surface area contributed by atoms with Gasteiger partial charge < -0.3 is 10.6 Å². The average Bonchev–Trinajstić information content (AvgIpc) is 2.56. The van der Waals surface area contributed by atoms with E-state index in [1.807, 2.05) is 19.1 Å². The van der Waals surface area contributed by atoms with E-state index in [4.69, 9.17) is 5.26 Å². The number of hydrogen-bond donors (Lipinski definition) is 2. The first-order valence-electron chi connectivity index (χ1n) is 7.21. The lowest BCUT2D eigenvalue weighted by molar-refractivity contribution is -0.137. The van der Waals surface area contributed by atoms with Crippen LogP contribution in [-0.4, -0.2) is 5.91 Å². The maximum Gasteiger partial charge on any atom is 0.416 e. The van der Waals surface area contributed by atoms with Gasteiger partial charge in [0.15, 0.2) is 0 Å². The Bertz CT molecular complexity index is 834. The fourth-order valence-electron chi connectivity index (χ4n) is 1.93. The molecule has 0 bridgehead atoms. The van der Waals surface area contributed by atoms with E-state index in [0.29, 0.717) is 5.69 Å². The van der Waals surface area contributed by atoms with Crippen molar-refractivity contribution >= 4 is 17.3 Å². The highest BCUT2D eigenvalue weighted by Crippen LogP contribution is 2.30. The van der Waals surface area contributed by atoms with Gasteiger partial charge in [0.05, 0.1) is 5.56 Å². The lowest BCUT2D eigenvalue weighted by Crippen LogP contribution is -2.15. The number of nitriles is 1. The molecule has 4 nitrogen and oxygen atoms in total. The average molecular weight is 345 g/mol. The number of amides is 1. The number of benzene rings is 2. The molecule has 0 spiro atoms. The first-order valence-corrected chi connectivity index (χ1v) is 7.21. The second-order valence-electron chi connectivity index (χ2n) is 5.21. The van der Waals surface area contributed by atoms with Gasteiger partial charge in [0.1, 0.15) is 11.6 Å². The Labute approximate surface area is 142 Å². The zero-order valence-corrected chi connectivity index (χ0v) is 13.2. The molecule has 25 heavy (non-hydrogen) atoms. The Balaban J connectivity index is 2.11. The molecule has 0 radical (unpaired) electrons. The van der Waals surface area contributed by atoms with Crippen LogP contribution in [0.15, 0.2) is 60.3 Å². The molecule has 2 aromatic carbocycles. The number of carbonyl (C=O) groups excluding carboxylic acids is 1. The summed E-state index contributed by atoms with van der Waals surface area (Å²) in [7, 11) is 0. The van der Waals surface area contributed by atoms with Crippen molar-refractivity contribution in [1.29, 1.82) is 5.26 Å². The number of carbonyl (C=O) groups is 1. The van der Waals surface area contributed by atoms with E-state index in [2.05, 4.69) is 10.6 Å². The number of rotatable bonds is 4. The van der Waals surface area contributed by atoms with Gasteiger partial charge in [-0.05, 0) is 37.3 Å². The molecule has 0 unspecified atom stereocenters. The Hall–Kier alpha value is -3.27. The number of alkyl halides is 3. The van der Waals surface area contributed by atoms with E-state index in [0.717, 1.165) is 17.7 Å². The van der Waals surface area contributed by atoms with Crippen LogP contribution in [-0.2, 0) is 11.0 Å². The number of nitrogens with zero attached hydrogens (tertiary/aromatic N) is 1. The second kappa shape index (κ2) is 7.53. The summed E-state index contributed by atoms with van der Waals surface area (Å²) in [6, 6.07) is 13.2. The summed E-state index contributed by atoms with van der Waals surface area (Å²) in [4.78, 5) is 12.1. The molecule has 0 aromatic heterocycles. The second-order valence-corrected chi connectivity index (χ2v) is 5.21. The van der Waals surface area contributed by atoms with Gasteiger partial charge >= 0.3 is 6.18 Å². The number of anilines is 2. The summed E-state index contributed by atoms with van der Waals surface area (Å²) in [5.74, 6) is -0.804. The molecule has 0 fully saturated rings. The van der Waals surface area contributed by atoms with Crippen LogP contribution in [0.4, 0.5) is 24.5 Å². The van der Waals surface area contributed by atoms with Crippen LogP contribution in [0, 0.1) is 18.3 Å². The highest BCUT2D eigenvalue weighted by Gasteiger charge is 2.30. The number of halogens is 3. The summed E-state index contributed by atoms with van der Waals surface area (Å²) >= 11 is 0. The van der Waals surface area contributed by atoms with Gasteiger partial charge in [-0.3, -0.25) is 4.79 Å². The van der Waals surface area contributed by atoms with Crippen LogP contribution in [0.2, 0.25) is 0 Å². The van der Waals surface area contributed by atoms with E-state index in [1.54, 1.807) is 18.2 Å². The molecule has 2 aromatic rings. The minimum Gasteiger partial charge on any atom is -0.360 e.